The van der Waals surface area contributed by atoms with E-state index in [0.29, 0.717) is 5.39 Å². The molecule has 0 saturated carbocycles. The summed E-state index contributed by atoms with van der Waals surface area (Å²) in [5, 5.41) is 12.4. The van der Waals surface area contributed by atoms with E-state index in [1.54, 1.807) is 6.07 Å². The van der Waals surface area contributed by atoms with Crippen LogP contribution in [0.3, 0.4) is 0 Å². The van der Waals surface area contributed by atoms with Gasteiger partial charge in [-0.05, 0) is 12.1 Å². The van der Waals surface area contributed by atoms with Gasteiger partial charge < -0.3 is 9.63 Å². The van der Waals surface area contributed by atoms with E-state index in [1.807, 2.05) is 0 Å². The van der Waals surface area contributed by atoms with Crippen LogP contribution in [-0.4, -0.2) is 16.2 Å². The van der Waals surface area contributed by atoms with Crippen molar-refractivity contribution in [1.29, 1.82) is 0 Å². The maximum Gasteiger partial charge on any atom is 0.309 e. The zero-order valence-corrected chi connectivity index (χ0v) is 7.03. The normalized spacial score (nSPS) is 10.6. The first-order valence-corrected chi connectivity index (χ1v) is 3.93. The van der Waals surface area contributed by atoms with E-state index >= 15 is 0 Å². The number of carboxylic acids is 1. The first-order valence-electron chi connectivity index (χ1n) is 3.93. The molecule has 0 fully saturated rings. The first kappa shape index (κ1) is 8.68. The monoisotopic (exact) mass is 195 g/mol. The van der Waals surface area contributed by atoms with E-state index < -0.39 is 11.8 Å². The van der Waals surface area contributed by atoms with Crippen LogP contribution in [0.5, 0.6) is 0 Å². The molecule has 0 radical (unpaired) electrons. The molecule has 2 rings (SSSR count). The molecule has 0 aliphatic rings. The Morgan fingerprint density at radius 1 is 1.57 bits per heavy atom. The smallest absolute Gasteiger partial charge is 0.309 e. The van der Waals surface area contributed by atoms with Crippen molar-refractivity contribution in [1.82, 2.24) is 5.16 Å². The van der Waals surface area contributed by atoms with Gasteiger partial charge in [0.05, 0.1) is 6.42 Å². The molecular formula is C9H6FNO3. The topological polar surface area (TPSA) is 63.3 Å². The highest BCUT2D eigenvalue weighted by atomic mass is 19.1. The van der Waals surface area contributed by atoms with Gasteiger partial charge in [0.25, 0.3) is 0 Å². The van der Waals surface area contributed by atoms with Crippen LogP contribution in [0.1, 0.15) is 5.69 Å². The summed E-state index contributed by atoms with van der Waals surface area (Å²) in [7, 11) is 0. The highest BCUT2D eigenvalue weighted by Crippen LogP contribution is 2.21. The number of carboxylic acid groups (broad SMARTS) is 1. The van der Waals surface area contributed by atoms with E-state index in [2.05, 4.69) is 5.16 Å². The second-order valence-electron chi connectivity index (χ2n) is 2.82. The molecule has 0 unspecified atom stereocenters. The molecule has 5 heteroatoms. The average molecular weight is 195 g/mol. The predicted octanol–water partition coefficient (Wildman–Crippen LogP) is 1.59. The largest absolute Gasteiger partial charge is 0.481 e. The Bertz CT molecular complexity index is 492. The highest BCUT2D eigenvalue weighted by molar-refractivity contribution is 5.83. The Kier molecular flexibility index (Phi) is 1.92. The molecule has 1 heterocycles. The van der Waals surface area contributed by atoms with Crippen LogP contribution < -0.4 is 0 Å². The van der Waals surface area contributed by atoms with Crippen LogP contribution in [0.4, 0.5) is 4.39 Å². The Morgan fingerprint density at radius 2 is 2.36 bits per heavy atom. The summed E-state index contributed by atoms with van der Waals surface area (Å²) in [5.41, 5.74) is 0.246. The lowest BCUT2D eigenvalue weighted by atomic mass is 10.2. The van der Waals surface area contributed by atoms with E-state index in [-0.39, 0.29) is 17.7 Å². The van der Waals surface area contributed by atoms with Crippen molar-refractivity contribution in [3.05, 3.63) is 29.7 Å². The molecule has 0 aliphatic carbocycles. The maximum absolute atomic E-state index is 13.1. The zero-order valence-electron chi connectivity index (χ0n) is 7.03. The Morgan fingerprint density at radius 3 is 3.07 bits per heavy atom. The van der Waals surface area contributed by atoms with Crippen LogP contribution in [0.15, 0.2) is 22.7 Å². The lowest BCUT2D eigenvalue weighted by Crippen LogP contribution is -2.00. The third kappa shape index (κ3) is 1.32. The fourth-order valence-electron chi connectivity index (χ4n) is 1.25. The van der Waals surface area contributed by atoms with Gasteiger partial charge in [-0.15, -0.1) is 0 Å². The van der Waals surface area contributed by atoms with Crippen molar-refractivity contribution in [3.8, 4) is 0 Å². The number of nitrogens with zero attached hydrogens (tertiary/aromatic N) is 1. The molecule has 0 spiro atoms. The molecule has 1 aromatic heterocycles. The Hall–Kier alpha value is -1.91. The summed E-state index contributed by atoms with van der Waals surface area (Å²) in [6.07, 6.45) is -0.267. The van der Waals surface area contributed by atoms with Crippen molar-refractivity contribution < 1.29 is 18.8 Å². The van der Waals surface area contributed by atoms with Gasteiger partial charge in [0, 0.05) is 5.39 Å². The molecule has 4 nitrogen and oxygen atoms in total. The maximum atomic E-state index is 13.1. The van der Waals surface area contributed by atoms with Crippen LogP contribution in [0.25, 0.3) is 11.0 Å². The summed E-state index contributed by atoms with van der Waals surface area (Å²) in [4.78, 5) is 10.4. The van der Waals surface area contributed by atoms with Gasteiger partial charge in [0.1, 0.15) is 5.69 Å². The van der Waals surface area contributed by atoms with Gasteiger partial charge in [-0.1, -0.05) is 11.2 Å². The average Bonchev–Trinajstić information content (AvgIpc) is 2.49. The van der Waals surface area contributed by atoms with Crippen LogP contribution >= 0.6 is 0 Å². The molecular weight excluding hydrogens is 189 g/mol. The van der Waals surface area contributed by atoms with Gasteiger partial charge in [0.15, 0.2) is 5.82 Å². The second-order valence-corrected chi connectivity index (χ2v) is 2.82. The first-order chi connectivity index (χ1) is 6.68. The summed E-state index contributed by atoms with van der Waals surface area (Å²) in [6.45, 7) is 0. The second kappa shape index (κ2) is 3.10. The molecule has 1 aromatic carbocycles. The highest BCUT2D eigenvalue weighted by Gasteiger charge is 2.13. The minimum absolute atomic E-state index is 0.00347. The molecule has 0 saturated heterocycles. The third-order valence-corrected chi connectivity index (χ3v) is 1.84. The lowest BCUT2D eigenvalue weighted by molar-refractivity contribution is -0.136. The number of aromatic nitrogens is 1. The van der Waals surface area contributed by atoms with E-state index in [9.17, 15) is 9.18 Å². The zero-order chi connectivity index (χ0) is 10.1. The SMILES string of the molecule is O=C(O)Cc1noc2c(F)cccc12. The molecule has 72 valence electrons. The number of benzene rings is 1. The molecule has 0 atom stereocenters. The molecule has 2 aromatic rings. The summed E-state index contributed by atoms with van der Waals surface area (Å²) in [5.74, 6) is -1.56. The quantitative estimate of drug-likeness (QED) is 0.790. The summed E-state index contributed by atoms with van der Waals surface area (Å²) in [6, 6.07) is 4.30. The fourth-order valence-corrected chi connectivity index (χ4v) is 1.25. The Labute approximate surface area is 77.9 Å². The number of para-hydroxylation sites is 1. The Balaban J connectivity index is 2.58. The van der Waals surface area contributed by atoms with Crippen molar-refractivity contribution >= 4 is 16.9 Å². The summed E-state index contributed by atoms with van der Waals surface area (Å²) < 4.78 is 17.7. The van der Waals surface area contributed by atoms with Crippen molar-refractivity contribution in [2.75, 3.05) is 0 Å². The number of aliphatic carboxylic acids is 1. The number of rotatable bonds is 2. The van der Waals surface area contributed by atoms with Crippen LogP contribution in [0.2, 0.25) is 0 Å². The van der Waals surface area contributed by atoms with Gasteiger partial charge in [-0.2, -0.15) is 0 Å². The van der Waals surface area contributed by atoms with Crippen molar-refractivity contribution in [2.24, 2.45) is 0 Å². The number of carbonyl (C=O) groups is 1. The van der Waals surface area contributed by atoms with Crippen molar-refractivity contribution in [2.45, 2.75) is 6.42 Å². The predicted molar refractivity (Wildman–Crippen MR) is 45.3 cm³/mol. The molecule has 1 N–H and O–H groups in total. The third-order valence-electron chi connectivity index (χ3n) is 1.84. The van der Waals surface area contributed by atoms with Gasteiger partial charge in [-0.3, -0.25) is 4.79 Å². The summed E-state index contributed by atoms with van der Waals surface area (Å²) >= 11 is 0. The number of fused-ring (bicyclic) bond motifs is 1. The van der Waals surface area contributed by atoms with Crippen LogP contribution in [-0.2, 0) is 11.2 Å². The van der Waals surface area contributed by atoms with Gasteiger partial charge in [0.2, 0.25) is 5.58 Å². The van der Waals surface area contributed by atoms with Crippen LogP contribution in [0, 0.1) is 5.82 Å². The minimum Gasteiger partial charge on any atom is -0.481 e. The molecule has 14 heavy (non-hydrogen) atoms. The van der Waals surface area contributed by atoms with Crippen molar-refractivity contribution in [3.63, 3.8) is 0 Å². The molecule has 0 amide bonds. The fraction of sp³-hybridized carbons (Fsp3) is 0.111. The van der Waals surface area contributed by atoms with Gasteiger partial charge in [-0.25, -0.2) is 4.39 Å². The van der Waals surface area contributed by atoms with E-state index in [0.717, 1.165) is 0 Å². The molecule has 0 aliphatic heterocycles. The number of hydrogen-bond acceptors (Lipinski definition) is 3. The van der Waals surface area contributed by atoms with E-state index in [4.69, 9.17) is 9.63 Å². The molecule has 0 bridgehead atoms. The van der Waals surface area contributed by atoms with E-state index in [1.165, 1.54) is 12.1 Å². The van der Waals surface area contributed by atoms with Gasteiger partial charge >= 0.3 is 5.97 Å². The minimum atomic E-state index is -1.02. The number of hydrogen-bond donors (Lipinski definition) is 1. The standard InChI is InChI=1S/C9H6FNO3/c10-6-3-1-2-5-7(4-8(12)13)11-14-9(5)6/h1-3H,4H2,(H,12,13). The number of halogens is 1. The lowest BCUT2D eigenvalue weighted by Gasteiger charge is -1.90.